The summed E-state index contributed by atoms with van der Waals surface area (Å²) in [5.74, 6) is -1.05. The molecule has 1 aliphatic carbocycles. The number of urea groups is 1. The van der Waals surface area contributed by atoms with E-state index >= 15 is 0 Å². The molecule has 7 nitrogen and oxygen atoms in total. The van der Waals surface area contributed by atoms with Crippen molar-refractivity contribution in [2.45, 2.75) is 44.2 Å². The minimum atomic E-state index is -0.899. The average molecular weight is 283 g/mol. The van der Waals surface area contributed by atoms with E-state index in [1.54, 1.807) is 11.9 Å². The molecule has 112 valence electrons. The number of rotatable bonds is 5. The van der Waals surface area contributed by atoms with Crippen LogP contribution >= 0.6 is 0 Å². The molecule has 1 aliphatic heterocycles. The molecular weight excluding hydrogens is 262 g/mol. The van der Waals surface area contributed by atoms with Crippen LogP contribution in [0.2, 0.25) is 0 Å². The van der Waals surface area contributed by atoms with E-state index < -0.39 is 5.97 Å². The normalized spacial score (nSPS) is 21.6. The number of likely N-dealkylation sites (tertiary alicyclic amines) is 1. The molecule has 0 spiro atoms. The summed E-state index contributed by atoms with van der Waals surface area (Å²) in [5.41, 5.74) is 0. The smallest absolute Gasteiger partial charge is 0.320 e. The predicted molar refractivity (Wildman–Crippen MR) is 71.2 cm³/mol. The zero-order valence-corrected chi connectivity index (χ0v) is 11.7. The molecule has 2 N–H and O–H groups in total. The number of carbonyl (C=O) groups excluding carboxylic acids is 2. The number of likely N-dealkylation sites (N-methyl/N-ethyl adjacent to an activating group) is 1. The zero-order chi connectivity index (χ0) is 14.7. The van der Waals surface area contributed by atoms with Gasteiger partial charge in [0.15, 0.2) is 0 Å². The summed E-state index contributed by atoms with van der Waals surface area (Å²) < 4.78 is 0. The lowest BCUT2D eigenvalue weighted by atomic mass is 10.1. The number of amides is 3. The van der Waals surface area contributed by atoms with Gasteiger partial charge in [-0.25, -0.2) is 4.79 Å². The van der Waals surface area contributed by atoms with Crippen LogP contribution in [0.15, 0.2) is 0 Å². The van der Waals surface area contributed by atoms with Gasteiger partial charge in [0.25, 0.3) is 0 Å². The summed E-state index contributed by atoms with van der Waals surface area (Å²) >= 11 is 0. The lowest BCUT2D eigenvalue weighted by Gasteiger charge is -2.28. The van der Waals surface area contributed by atoms with Crippen LogP contribution in [0.3, 0.4) is 0 Å². The number of nitrogens with zero attached hydrogens (tertiary/aromatic N) is 2. The van der Waals surface area contributed by atoms with Crippen LogP contribution in [0, 0.1) is 0 Å². The Kier molecular flexibility index (Phi) is 4.46. The Hall–Kier alpha value is -1.79. The van der Waals surface area contributed by atoms with E-state index in [9.17, 15) is 14.4 Å². The minimum Gasteiger partial charge on any atom is -0.481 e. The van der Waals surface area contributed by atoms with Crippen molar-refractivity contribution >= 4 is 17.9 Å². The van der Waals surface area contributed by atoms with Crippen molar-refractivity contribution < 1.29 is 19.5 Å². The average Bonchev–Trinajstić information content (AvgIpc) is 3.04. The Morgan fingerprint density at radius 1 is 1.30 bits per heavy atom. The van der Waals surface area contributed by atoms with Crippen LogP contribution in [-0.2, 0) is 9.59 Å². The second-order valence-electron chi connectivity index (χ2n) is 5.57. The van der Waals surface area contributed by atoms with Crippen LogP contribution in [0.25, 0.3) is 0 Å². The molecule has 7 heteroatoms. The van der Waals surface area contributed by atoms with Gasteiger partial charge in [-0.1, -0.05) is 0 Å². The molecule has 1 saturated heterocycles. The molecule has 1 unspecified atom stereocenters. The minimum absolute atomic E-state index is 0.0195. The topological polar surface area (TPSA) is 90.0 Å². The Morgan fingerprint density at radius 2 is 2.00 bits per heavy atom. The van der Waals surface area contributed by atoms with Gasteiger partial charge in [-0.05, 0) is 25.7 Å². The first-order chi connectivity index (χ1) is 9.47. The summed E-state index contributed by atoms with van der Waals surface area (Å²) in [5, 5.41) is 11.7. The number of nitrogens with one attached hydrogen (secondary N) is 1. The molecule has 2 fully saturated rings. The maximum absolute atomic E-state index is 12.3. The van der Waals surface area contributed by atoms with Gasteiger partial charge in [0.05, 0.1) is 6.42 Å². The quantitative estimate of drug-likeness (QED) is 0.757. The van der Waals surface area contributed by atoms with Gasteiger partial charge in [-0.2, -0.15) is 0 Å². The highest BCUT2D eigenvalue weighted by molar-refractivity contribution is 5.84. The van der Waals surface area contributed by atoms with Crippen molar-refractivity contribution in [2.24, 2.45) is 0 Å². The number of carboxylic acids is 1. The van der Waals surface area contributed by atoms with Crippen molar-refractivity contribution in [3.8, 4) is 0 Å². The van der Waals surface area contributed by atoms with Gasteiger partial charge >= 0.3 is 12.0 Å². The van der Waals surface area contributed by atoms with E-state index in [0.717, 1.165) is 19.3 Å². The molecule has 1 atom stereocenters. The van der Waals surface area contributed by atoms with Crippen molar-refractivity contribution in [2.75, 3.05) is 20.1 Å². The molecule has 0 aromatic heterocycles. The van der Waals surface area contributed by atoms with E-state index in [0.29, 0.717) is 13.0 Å². The summed E-state index contributed by atoms with van der Waals surface area (Å²) in [6.07, 6.45) is 3.51. The van der Waals surface area contributed by atoms with E-state index in [1.165, 1.54) is 4.90 Å². The molecule has 0 bridgehead atoms. The molecule has 0 radical (unpaired) electrons. The molecule has 2 rings (SSSR count). The Morgan fingerprint density at radius 3 is 2.60 bits per heavy atom. The van der Waals surface area contributed by atoms with Crippen molar-refractivity contribution in [3.63, 3.8) is 0 Å². The third kappa shape index (κ3) is 3.85. The number of aliphatic carboxylic acids is 1. The van der Waals surface area contributed by atoms with Crippen molar-refractivity contribution in [1.29, 1.82) is 0 Å². The van der Waals surface area contributed by atoms with Crippen LogP contribution in [0.5, 0.6) is 0 Å². The molecule has 0 aromatic carbocycles. The monoisotopic (exact) mass is 283 g/mol. The highest BCUT2D eigenvalue weighted by Crippen LogP contribution is 2.21. The van der Waals surface area contributed by atoms with E-state index in [4.69, 9.17) is 5.11 Å². The highest BCUT2D eigenvalue weighted by Gasteiger charge is 2.33. The molecule has 0 aromatic rings. The van der Waals surface area contributed by atoms with Crippen LogP contribution in [0.4, 0.5) is 4.79 Å². The third-order valence-corrected chi connectivity index (χ3v) is 3.68. The van der Waals surface area contributed by atoms with E-state index in [1.807, 2.05) is 0 Å². The van der Waals surface area contributed by atoms with Crippen molar-refractivity contribution in [3.05, 3.63) is 0 Å². The summed E-state index contributed by atoms with van der Waals surface area (Å²) in [4.78, 5) is 37.6. The van der Waals surface area contributed by atoms with Gasteiger partial charge in [-0.15, -0.1) is 0 Å². The van der Waals surface area contributed by atoms with E-state index in [2.05, 4.69) is 5.32 Å². The van der Waals surface area contributed by atoms with Gasteiger partial charge in [0.1, 0.15) is 6.54 Å². The first-order valence-electron chi connectivity index (χ1n) is 7.00. The fourth-order valence-corrected chi connectivity index (χ4v) is 2.50. The zero-order valence-electron chi connectivity index (χ0n) is 11.7. The first-order valence-corrected chi connectivity index (χ1v) is 7.00. The van der Waals surface area contributed by atoms with Crippen LogP contribution in [0.1, 0.15) is 32.1 Å². The van der Waals surface area contributed by atoms with Gasteiger partial charge < -0.3 is 20.2 Å². The standard InChI is InChI=1S/C13H21N3O4/c1-15(8-11(17)14-9-4-5-9)13(20)16-6-2-3-10(16)7-12(18)19/h9-10H,2-8H2,1H3,(H,14,17)(H,18,19). The lowest BCUT2D eigenvalue weighted by Crippen LogP contribution is -2.47. The number of hydrogen-bond acceptors (Lipinski definition) is 3. The number of hydrogen-bond donors (Lipinski definition) is 2. The molecule has 1 heterocycles. The van der Waals surface area contributed by atoms with Crippen LogP contribution < -0.4 is 5.32 Å². The second-order valence-corrected chi connectivity index (χ2v) is 5.57. The van der Waals surface area contributed by atoms with Gasteiger partial charge in [-0.3, -0.25) is 9.59 Å². The summed E-state index contributed by atoms with van der Waals surface area (Å²) in [6.45, 7) is 0.580. The Labute approximate surface area is 117 Å². The maximum Gasteiger partial charge on any atom is 0.320 e. The molecule has 20 heavy (non-hydrogen) atoms. The summed E-state index contributed by atoms with van der Waals surface area (Å²) in [6, 6.07) is -0.244. The molecule has 3 amide bonds. The first kappa shape index (κ1) is 14.6. The Bertz CT molecular complexity index is 408. The number of carbonyl (C=O) groups is 3. The predicted octanol–water partition coefficient (Wildman–Crippen LogP) is 0.256. The second kappa shape index (κ2) is 6.11. The highest BCUT2D eigenvalue weighted by atomic mass is 16.4. The number of carboxylic acid groups (broad SMARTS) is 1. The molecule has 1 saturated carbocycles. The lowest BCUT2D eigenvalue weighted by molar-refractivity contribution is -0.138. The third-order valence-electron chi connectivity index (χ3n) is 3.68. The van der Waals surface area contributed by atoms with Gasteiger partial charge in [0, 0.05) is 25.7 Å². The fraction of sp³-hybridized carbons (Fsp3) is 0.769. The largest absolute Gasteiger partial charge is 0.481 e. The molecular formula is C13H21N3O4. The Balaban J connectivity index is 1.84. The molecule has 2 aliphatic rings. The van der Waals surface area contributed by atoms with Crippen molar-refractivity contribution in [1.82, 2.24) is 15.1 Å². The van der Waals surface area contributed by atoms with Gasteiger partial charge in [0.2, 0.25) is 5.91 Å². The fourth-order valence-electron chi connectivity index (χ4n) is 2.50. The maximum atomic E-state index is 12.3. The van der Waals surface area contributed by atoms with E-state index in [-0.39, 0.29) is 37.0 Å². The summed E-state index contributed by atoms with van der Waals surface area (Å²) in [7, 11) is 1.57. The SMILES string of the molecule is CN(CC(=O)NC1CC1)C(=O)N1CCCC1CC(=O)O. The van der Waals surface area contributed by atoms with Crippen LogP contribution in [-0.4, -0.2) is 65.0 Å².